The zero-order valence-corrected chi connectivity index (χ0v) is 13.5. The first-order valence-electron chi connectivity index (χ1n) is 5.89. The molecule has 4 heteroatoms. The lowest BCUT2D eigenvalue weighted by molar-refractivity contribution is 0.524. The van der Waals surface area contributed by atoms with Crippen molar-refractivity contribution in [3.05, 3.63) is 47.0 Å². The van der Waals surface area contributed by atoms with Gasteiger partial charge in [0, 0.05) is 15.8 Å². The zero-order chi connectivity index (χ0) is 13.8. The maximum Gasteiger partial charge on any atom is 0.136 e. The molecule has 0 amide bonds. The molecule has 0 aliphatic rings. The van der Waals surface area contributed by atoms with Crippen LogP contribution in [0.2, 0.25) is 0 Å². The van der Waals surface area contributed by atoms with Gasteiger partial charge in [-0.3, -0.25) is 0 Å². The Hall–Kier alpha value is -0.290. The molecule has 100 valence electrons. The lowest BCUT2D eigenvalue weighted by Gasteiger charge is -2.27. The van der Waals surface area contributed by atoms with E-state index in [1.165, 1.54) is 0 Å². The topological polar surface area (TPSA) is 35.1 Å². The first kappa shape index (κ1) is 15.8. The average molecular weight is 330 g/mol. The highest BCUT2D eigenvalue weighted by molar-refractivity contribution is 9.10. The van der Waals surface area contributed by atoms with Crippen LogP contribution >= 0.6 is 15.9 Å². The van der Waals surface area contributed by atoms with E-state index >= 15 is 0 Å². The fourth-order valence-corrected chi connectivity index (χ4v) is 2.71. The second-order valence-electron chi connectivity index (χ2n) is 5.13. The van der Waals surface area contributed by atoms with Crippen LogP contribution in [0.5, 0.6) is 0 Å². The van der Waals surface area contributed by atoms with E-state index in [1.807, 2.05) is 51.1 Å². The summed E-state index contributed by atoms with van der Waals surface area (Å²) in [6.45, 7) is 9.65. The monoisotopic (exact) mass is 329 g/mol. The first-order chi connectivity index (χ1) is 8.34. The van der Waals surface area contributed by atoms with Crippen LogP contribution < -0.4 is 4.72 Å². The van der Waals surface area contributed by atoms with Crippen molar-refractivity contribution < 1.29 is 4.55 Å². The van der Waals surface area contributed by atoms with Crippen LogP contribution in [0.4, 0.5) is 0 Å². The van der Waals surface area contributed by atoms with Gasteiger partial charge in [0.15, 0.2) is 0 Å². The normalized spacial score (nSPS) is 15.2. The highest BCUT2D eigenvalue weighted by Gasteiger charge is 2.29. The van der Waals surface area contributed by atoms with Crippen molar-refractivity contribution in [3.63, 3.8) is 0 Å². The van der Waals surface area contributed by atoms with Crippen molar-refractivity contribution in [1.29, 1.82) is 0 Å². The average Bonchev–Trinajstić information content (AvgIpc) is 2.27. The summed E-state index contributed by atoms with van der Waals surface area (Å²) in [5.74, 6) is 0. The van der Waals surface area contributed by atoms with Gasteiger partial charge in [0.25, 0.3) is 0 Å². The van der Waals surface area contributed by atoms with Gasteiger partial charge in [0.05, 0.1) is 6.04 Å². The van der Waals surface area contributed by atoms with Gasteiger partial charge >= 0.3 is 0 Å². The molecule has 0 spiro atoms. The summed E-state index contributed by atoms with van der Waals surface area (Å²) in [6, 6.07) is 8.07. The molecule has 1 unspecified atom stereocenters. The van der Waals surface area contributed by atoms with Gasteiger partial charge in [0.1, 0.15) is 4.75 Å². The molecule has 0 heterocycles. The van der Waals surface area contributed by atoms with Crippen LogP contribution in [0.3, 0.4) is 0 Å². The molecule has 1 aromatic carbocycles. The molecule has 0 aromatic heterocycles. The molecule has 2 atom stereocenters. The smallest absolute Gasteiger partial charge is 0.136 e. The van der Waals surface area contributed by atoms with Crippen molar-refractivity contribution in [2.24, 2.45) is 0 Å². The van der Waals surface area contributed by atoms with E-state index in [0.717, 1.165) is 16.5 Å². The van der Waals surface area contributed by atoms with Crippen LogP contribution in [-0.2, 0) is 11.4 Å². The third-order valence-corrected chi connectivity index (χ3v) is 4.56. The Morgan fingerprint density at radius 3 is 2.67 bits per heavy atom. The molecule has 0 fully saturated rings. The van der Waals surface area contributed by atoms with Gasteiger partial charge in [-0.1, -0.05) is 34.1 Å². The summed E-state index contributed by atoms with van der Waals surface area (Å²) in [5.41, 5.74) is 1.11. The predicted molar refractivity (Wildman–Crippen MR) is 82.7 cm³/mol. The molecule has 1 N–H and O–H groups in total. The van der Waals surface area contributed by atoms with Crippen molar-refractivity contribution >= 4 is 27.3 Å². The van der Waals surface area contributed by atoms with E-state index in [0.29, 0.717) is 0 Å². The van der Waals surface area contributed by atoms with E-state index in [2.05, 4.69) is 27.2 Å². The minimum Gasteiger partial charge on any atom is -0.598 e. The minimum atomic E-state index is -1.09. The lowest BCUT2D eigenvalue weighted by Crippen LogP contribution is -2.41. The van der Waals surface area contributed by atoms with Crippen molar-refractivity contribution in [3.8, 4) is 0 Å². The molecule has 2 nitrogen and oxygen atoms in total. The van der Waals surface area contributed by atoms with Gasteiger partial charge < -0.3 is 4.55 Å². The largest absolute Gasteiger partial charge is 0.598 e. The van der Waals surface area contributed by atoms with Gasteiger partial charge in [-0.2, -0.15) is 0 Å². The second-order valence-corrected chi connectivity index (χ2v) is 8.04. The molecule has 18 heavy (non-hydrogen) atoms. The molecule has 0 aliphatic carbocycles. The lowest BCUT2D eigenvalue weighted by atomic mass is 10.1. The summed E-state index contributed by atoms with van der Waals surface area (Å²) in [6.07, 6.45) is 2.59. The summed E-state index contributed by atoms with van der Waals surface area (Å²) in [4.78, 5) is 0. The third kappa shape index (κ3) is 4.76. The van der Waals surface area contributed by atoms with E-state index in [4.69, 9.17) is 0 Å². The fraction of sp³-hybridized carbons (Fsp3) is 0.429. The van der Waals surface area contributed by atoms with E-state index in [9.17, 15) is 4.55 Å². The number of benzene rings is 1. The van der Waals surface area contributed by atoms with Gasteiger partial charge in [-0.15, -0.1) is 11.3 Å². The summed E-state index contributed by atoms with van der Waals surface area (Å²) >= 11 is 2.37. The quantitative estimate of drug-likeness (QED) is 0.651. The third-order valence-electron chi connectivity index (χ3n) is 2.46. The Morgan fingerprint density at radius 2 is 2.17 bits per heavy atom. The number of rotatable bonds is 5. The highest BCUT2D eigenvalue weighted by atomic mass is 79.9. The SMILES string of the molecule is C=CC[C@H](N[S+]([O-])C(C)(C)C)c1cccc(Br)c1. The second kappa shape index (κ2) is 6.75. The molecular weight excluding hydrogens is 310 g/mol. The van der Waals surface area contributed by atoms with Crippen LogP contribution in [0, 0.1) is 0 Å². The van der Waals surface area contributed by atoms with Gasteiger partial charge in [-0.25, -0.2) is 0 Å². The zero-order valence-electron chi connectivity index (χ0n) is 11.1. The maximum absolute atomic E-state index is 12.2. The van der Waals surface area contributed by atoms with Gasteiger partial charge in [-0.05, 0) is 44.9 Å². The summed E-state index contributed by atoms with van der Waals surface area (Å²) in [7, 11) is 0. The summed E-state index contributed by atoms with van der Waals surface area (Å²) < 4.78 is 16.1. The van der Waals surface area contributed by atoms with E-state index in [-0.39, 0.29) is 10.8 Å². The van der Waals surface area contributed by atoms with Crippen LogP contribution in [0.1, 0.15) is 38.8 Å². The Labute approximate surface area is 121 Å². The summed E-state index contributed by atoms with van der Waals surface area (Å²) in [5, 5.41) is 0. The van der Waals surface area contributed by atoms with Crippen LogP contribution in [0.25, 0.3) is 0 Å². The van der Waals surface area contributed by atoms with E-state index in [1.54, 1.807) is 0 Å². The Kier molecular flexibility index (Phi) is 5.92. The molecule has 0 saturated heterocycles. The standard InChI is InChI=1S/C14H20BrNOS/c1-5-7-13(16-18(17)14(2,3)4)11-8-6-9-12(15)10-11/h5-6,8-10,13,16H,1,7H2,2-4H3/t13-,18?/m0/s1. The molecule has 1 rings (SSSR count). The van der Waals surface area contributed by atoms with Crippen LogP contribution in [-0.4, -0.2) is 9.30 Å². The molecule has 0 bridgehead atoms. The fourth-order valence-electron chi connectivity index (χ4n) is 1.45. The van der Waals surface area contributed by atoms with Crippen LogP contribution in [0.15, 0.2) is 41.4 Å². The molecule has 1 aromatic rings. The highest BCUT2D eigenvalue weighted by Crippen LogP contribution is 2.24. The predicted octanol–water partition coefficient (Wildman–Crippen LogP) is 4.12. The minimum absolute atomic E-state index is 0.0278. The number of halogens is 1. The molecule has 0 aliphatic heterocycles. The van der Waals surface area contributed by atoms with Crippen molar-refractivity contribution in [2.45, 2.75) is 38.0 Å². The Bertz CT molecular complexity index is 403. The van der Waals surface area contributed by atoms with E-state index < -0.39 is 11.4 Å². The Balaban J connectivity index is 2.86. The molecule has 0 saturated carbocycles. The number of hydrogen-bond acceptors (Lipinski definition) is 2. The Morgan fingerprint density at radius 1 is 1.50 bits per heavy atom. The molecular formula is C14H20BrNOS. The number of hydrogen-bond donors (Lipinski definition) is 1. The first-order valence-corrected chi connectivity index (χ1v) is 7.83. The number of nitrogens with one attached hydrogen (secondary N) is 1. The van der Waals surface area contributed by atoms with Crippen molar-refractivity contribution in [2.75, 3.05) is 0 Å². The van der Waals surface area contributed by atoms with Gasteiger partial charge in [0.2, 0.25) is 0 Å². The molecule has 0 radical (unpaired) electrons. The van der Waals surface area contributed by atoms with Crippen molar-refractivity contribution in [1.82, 2.24) is 4.72 Å². The maximum atomic E-state index is 12.2.